The highest BCUT2D eigenvalue weighted by atomic mass is 19.2. The third kappa shape index (κ3) is 1.02. The minimum atomic E-state index is -1.54. The molecule has 2 nitrogen and oxygen atoms in total. The van der Waals surface area contributed by atoms with Gasteiger partial charge in [0.2, 0.25) is 0 Å². The highest BCUT2D eigenvalue weighted by molar-refractivity contribution is 5.97. The van der Waals surface area contributed by atoms with E-state index < -0.39 is 17.5 Å². The Hall–Kier alpha value is -1.78. The molecule has 0 aliphatic heterocycles. The number of aldehydes is 1. The monoisotopic (exact) mass is 199 g/mol. The van der Waals surface area contributed by atoms with Gasteiger partial charge in [-0.1, -0.05) is 0 Å². The van der Waals surface area contributed by atoms with Crippen LogP contribution in [0.3, 0.4) is 0 Å². The molecular formula is C9H4F3NO. The summed E-state index contributed by atoms with van der Waals surface area (Å²) in [6, 6.07) is 0.786. The van der Waals surface area contributed by atoms with Gasteiger partial charge in [0.05, 0.1) is 5.52 Å². The van der Waals surface area contributed by atoms with Crippen molar-refractivity contribution in [2.75, 3.05) is 0 Å². The molecule has 2 aromatic rings. The first kappa shape index (κ1) is 8.80. The van der Waals surface area contributed by atoms with Crippen molar-refractivity contribution in [2.45, 2.75) is 0 Å². The van der Waals surface area contributed by atoms with Gasteiger partial charge in [-0.25, -0.2) is 13.2 Å². The molecule has 72 valence electrons. The molecule has 0 unspecified atom stereocenters. The Morgan fingerprint density at radius 2 is 1.93 bits per heavy atom. The third-order valence-corrected chi connectivity index (χ3v) is 1.97. The number of aromatic nitrogens is 1. The molecule has 1 aromatic heterocycles. The fourth-order valence-corrected chi connectivity index (χ4v) is 1.29. The SMILES string of the molecule is O=Cc1c[nH]c2c(F)c(F)c(F)cc12. The Labute approximate surface area is 76.3 Å². The number of aromatic amines is 1. The number of carbonyl (C=O) groups is 1. The number of fused-ring (bicyclic) bond motifs is 1. The molecule has 1 N–H and O–H groups in total. The number of rotatable bonds is 1. The van der Waals surface area contributed by atoms with Crippen LogP contribution in [-0.4, -0.2) is 11.3 Å². The Balaban J connectivity index is 2.93. The third-order valence-electron chi connectivity index (χ3n) is 1.97. The van der Waals surface area contributed by atoms with Gasteiger partial charge in [0, 0.05) is 17.1 Å². The zero-order valence-electron chi connectivity index (χ0n) is 6.77. The van der Waals surface area contributed by atoms with Crippen LogP contribution in [0.15, 0.2) is 12.3 Å². The molecule has 0 saturated carbocycles. The molecular weight excluding hydrogens is 195 g/mol. The lowest BCUT2D eigenvalue weighted by molar-refractivity contribution is 0.112. The zero-order valence-corrected chi connectivity index (χ0v) is 6.77. The summed E-state index contributed by atoms with van der Waals surface area (Å²) in [5, 5.41) is 0.0383. The lowest BCUT2D eigenvalue weighted by Gasteiger charge is -1.96. The summed E-state index contributed by atoms with van der Waals surface area (Å²) in [4.78, 5) is 12.8. The van der Waals surface area contributed by atoms with E-state index in [-0.39, 0.29) is 16.5 Å². The van der Waals surface area contributed by atoms with E-state index in [1.165, 1.54) is 6.20 Å². The van der Waals surface area contributed by atoms with E-state index in [1.807, 2.05) is 0 Å². The van der Waals surface area contributed by atoms with Crippen molar-refractivity contribution >= 4 is 17.2 Å². The summed E-state index contributed by atoms with van der Waals surface area (Å²) in [5.41, 5.74) is -0.108. The number of carbonyl (C=O) groups excluding carboxylic acids is 1. The van der Waals surface area contributed by atoms with E-state index in [1.54, 1.807) is 0 Å². The summed E-state index contributed by atoms with van der Waals surface area (Å²) < 4.78 is 38.5. The molecule has 2 rings (SSSR count). The smallest absolute Gasteiger partial charge is 0.196 e. The molecule has 14 heavy (non-hydrogen) atoms. The number of nitrogens with one attached hydrogen (secondary N) is 1. The average Bonchev–Trinajstić information content (AvgIpc) is 2.57. The van der Waals surface area contributed by atoms with Crippen LogP contribution in [0.4, 0.5) is 13.2 Å². The number of benzene rings is 1. The molecule has 0 radical (unpaired) electrons. The molecule has 0 atom stereocenters. The van der Waals surface area contributed by atoms with Crippen LogP contribution >= 0.6 is 0 Å². The number of hydrogen-bond donors (Lipinski definition) is 1. The van der Waals surface area contributed by atoms with Crippen LogP contribution in [0.5, 0.6) is 0 Å². The van der Waals surface area contributed by atoms with Crippen molar-refractivity contribution in [3.63, 3.8) is 0 Å². The van der Waals surface area contributed by atoms with Crippen molar-refractivity contribution in [3.8, 4) is 0 Å². The maximum absolute atomic E-state index is 13.0. The van der Waals surface area contributed by atoms with Crippen molar-refractivity contribution < 1.29 is 18.0 Å². The normalized spacial score (nSPS) is 10.8. The van der Waals surface area contributed by atoms with Gasteiger partial charge in [-0.15, -0.1) is 0 Å². The summed E-state index contributed by atoms with van der Waals surface area (Å²) in [6.07, 6.45) is 1.63. The van der Waals surface area contributed by atoms with Gasteiger partial charge in [0.1, 0.15) is 0 Å². The van der Waals surface area contributed by atoms with Gasteiger partial charge < -0.3 is 4.98 Å². The summed E-state index contributed by atoms with van der Waals surface area (Å²) in [6.45, 7) is 0. The lowest BCUT2D eigenvalue weighted by Crippen LogP contribution is -1.91. The van der Waals surface area contributed by atoms with Crippen LogP contribution in [0.2, 0.25) is 0 Å². The molecule has 0 saturated heterocycles. The van der Waals surface area contributed by atoms with Crippen LogP contribution in [0.1, 0.15) is 10.4 Å². The summed E-state index contributed by atoms with van der Waals surface area (Å²) >= 11 is 0. The topological polar surface area (TPSA) is 32.9 Å². The van der Waals surface area contributed by atoms with E-state index in [0.29, 0.717) is 6.29 Å². The predicted octanol–water partition coefficient (Wildman–Crippen LogP) is 2.40. The summed E-state index contributed by atoms with van der Waals surface area (Å²) in [5.74, 6) is -4.16. The van der Waals surface area contributed by atoms with Gasteiger partial charge in [-0.3, -0.25) is 4.79 Å². The van der Waals surface area contributed by atoms with Gasteiger partial charge in [0.25, 0.3) is 0 Å². The van der Waals surface area contributed by atoms with E-state index in [2.05, 4.69) is 4.98 Å². The Kier molecular flexibility index (Phi) is 1.80. The van der Waals surface area contributed by atoms with E-state index in [4.69, 9.17) is 0 Å². The molecule has 5 heteroatoms. The number of halogens is 3. The van der Waals surface area contributed by atoms with Crippen molar-refractivity contribution in [1.29, 1.82) is 0 Å². The lowest BCUT2D eigenvalue weighted by atomic mass is 10.2. The van der Waals surface area contributed by atoms with Crippen LogP contribution in [0, 0.1) is 17.5 Å². The van der Waals surface area contributed by atoms with Crippen molar-refractivity contribution in [2.24, 2.45) is 0 Å². The Morgan fingerprint density at radius 1 is 1.21 bits per heavy atom. The summed E-state index contributed by atoms with van der Waals surface area (Å²) in [7, 11) is 0. The van der Waals surface area contributed by atoms with Gasteiger partial charge in [-0.2, -0.15) is 0 Å². The van der Waals surface area contributed by atoms with E-state index >= 15 is 0 Å². The molecule has 0 bridgehead atoms. The van der Waals surface area contributed by atoms with Crippen molar-refractivity contribution in [3.05, 3.63) is 35.3 Å². The Bertz CT molecular complexity index is 518. The Morgan fingerprint density at radius 3 is 2.57 bits per heavy atom. The van der Waals surface area contributed by atoms with Gasteiger partial charge >= 0.3 is 0 Å². The second-order valence-corrected chi connectivity index (χ2v) is 2.77. The first-order chi connectivity index (χ1) is 6.65. The highest BCUT2D eigenvalue weighted by Crippen LogP contribution is 2.24. The second kappa shape index (κ2) is 2.87. The maximum atomic E-state index is 13.0. The molecule has 0 aliphatic carbocycles. The molecule has 0 fully saturated rings. The highest BCUT2D eigenvalue weighted by Gasteiger charge is 2.16. The first-order valence-corrected chi connectivity index (χ1v) is 3.75. The minimum absolute atomic E-state index is 0.0383. The van der Waals surface area contributed by atoms with Gasteiger partial charge in [0.15, 0.2) is 23.7 Å². The van der Waals surface area contributed by atoms with Crippen LogP contribution < -0.4 is 0 Å². The first-order valence-electron chi connectivity index (χ1n) is 3.75. The quantitative estimate of drug-likeness (QED) is 0.555. The van der Waals surface area contributed by atoms with Crippen LogP contribution in [-0.2, 0) is 0 Å². The van der Waals surface area contributed by atoms with Crippen LogP contribution in [0.25, 0.3) is 10.9 Å². The molecule has 0 spiro atoms. The van der Waals surface area contributed by atoms with Gasteiger partial charge in [-0.05, 0) is 6.07 Å². The molecule has 0 amide bonds. The standard InChI is InChI=1S/C9H4F3NO/c10-6-1-5-4(3-14)2-13-9(5)8(12)7(6)11/h1-3,13H. The fourth-order valence-electron chi connectivity index (χ4n) is 1.29. The number of H-pyrrole nitrogens is 1. The molecule has 1 heterocycles. The molecule has 1 aromatic carbocycles. The zero-order chi connectivity index (χ0) is 10.3. The fraction of sp³-hybridized carbons (Fsp3) is 0. The van der Waals surface area contributed by atoms with Crippen molar-refractivity contribution in [1.82, 2.24) is 4.98 Å². The number of hydrogen-bond acceptors (Lipinski definition) is 1. The largest absolute Gasteiger partial charge is 0.358 e. The molecule has 0 aliphatic rings. The van der Waals surface area contributed by atoms with E-state index in [0.717, 1.165) is 6.07 Å². The average molecular weight is 199 g/mol. The minimum Gasteiger partial charge on any atom is -0.358 e. The predicted molar refractivity (Wildman–Crippen MR) is 43.6 cm³/mol. The van der Waals surface area contributed by atoms with E-state index in [9.17, 15) is 18.0 Å². The second-order valence-electron chi connectivity index (χ2n) is 2.77. The maximum Gasteiger partial charge on any atom is 0.196 e.